The van der Waals surface area contributed by atoms with Crippen LogP contribution >= 0.6 is 0 Å². The Hall–Kier alpha value is -1.78. The minimum Gasteiger partial charge on any atom is -0.480 e. The van der Waals surface area contributed by atoms with Gasteiger partial charge in [-0.05, 0) is 31.4 Å². The van der Waals surface area contributed by atoms with E-state index in [2.05, 4.69) is 10.3 Å². The van der Waals surface area contributed by atoms with E-state index in [1.807, 2.05) is 17.9 Å². The molecule has 1 fully saturated rings. The average Bonchev–Trinajstić information content (AvgIpc) is 2.83. The summed E-state index contributed by atoms with van der Waals surface area (Å²) in [5, 5.41) is 2.84. The fourth-order valence-electron chi connectivity index (χ4n) is 1.92. The van der Waals surface area contributed by atoms with Crippen LogP contribution in [0.2, 0.25) is 0 Å². The van der Waals surface area contributed by atoms with E-state index in [0.29, 0.717) is 11.6 Å². The first-order valence-corrected chi connectivity index (χ1v) is 5.77. The molecule has 0 bridgehead atoms. The molecule has 5 nitrogen and oxygen atoms in total. The van der Waals surface area contributed by atoms with Crippen molar-refractivity contribution in [2.75, 3.05) is 25.5 Å². The monoisotopic (exact) mass is 235 g/mol. The fourth-order valence-corrected chi connectivity index (χ4v) is 1.92. The van der Waals surface area contributed by atoms with Crippen LogP contribution in [0.4, 0.5) is 10.5 Å². The predicted octanol–water partition coefficient (Wildman–Crippen LogP) is 2.03. The average molecular weight is 235 g/mol. The number of aryl methyl sites for hydroxylation is 1. The molecule has 1 N–H and O–H groups in total. The van der Waals surface area contributed by atoms with Gasteiger partial charge >= 0.3 is 6.03 Å². The number of carbonyl (C=O) groups is 1. The van der Waals surface area contributed by atoms with Crippen molar-refractivity contribution in [2.45, 2.75) is 19.8 Å². The van der Waals surface area contributed by atoms with Crippen molar-refractivity contribution in [3.05, 3.63) is 17.8 Å². The summed E-state index contributed by atoms with van der Waals surface area (Å²) >= 11 is 0. The molecule has 92 valence electrons. The van der Waals surface area contributed by atoms with Gasteiger partial charge in [0.15, 0.2) is 0 Å². The topological polar surface area (TPSA) is 54.5 Å². The van der Waals surface area contributed by atoms with Crippen molar-refractivity contribution in [1.29, 1.82) is 0 Å². The molecule has 0 radical (unpaired) electrons. The second-order valence-corrected chi connectivity index (χ2v) is 4.19. The Morgan fingerprint density at radius 1 is 1.47 bits per heavy atom. The Labute approximate surface area is 101 Å². The van der Waals surface area contributed by atoms with Crippen molar-refractivity contribution in [3.8, 4) is 5.88 Å². The summed E-state index contributed by atoms with van der Waals surface area (Å²) in [4.78, 5) is 17.9. The number of likely N-dealkylation sites (tertiary alicyclic amines) is 1. The number of anilines is 1. The minimum absolute atomic E-state index is 0.0757. The van der Waals surface area contributed by atoms with Gasteiger partial charge in [0.2, 0.25) is 5.88 Å². The second-order valence-electron chi connectivity index (χ2n) is 4.19. The van der Waals surface area contributed by atoms with Crippen molar-refractivity contribution in [3.63, 3.8) is 0 Å². The number of ether oxygens (including phenoxy) is 1. The van der Waals surface area contributed by atoms with Gasteiger partial charge in [0.1, 0.15) is 5.69 Å². The largest absolute Gasteiger partial charge is 0.480 e. The molecule has 2 rings (SSSR count). The maximum Gasteiger partial charge on any atom is 0.321 e. The molecule has 1 aliphatic rings. The van der Waals surface area contributed by atoms with Gasteiger partial charge in [-0.2, -0.15) is 0 Å². The van der Waals surface area contributed by atoms with Gasteiger partial charge in [-0.3, -0.25) is 0 Å². The smallest absolute Gasteiger partial charge is 0.321 e. The summed E-state index contributed by atoms with van der Waals surface area (Å²) in [5.41, 5.74) is 1.62. The van der Waals surface area contributed by atoms with E-state index in [4.69, 9.17) is 4.74 Å². The fraction of sp³-hybridized carbons (Fsp3) is 0.500. The Morgan fingerprint density at radius 3 is 2.82 bits per heavy atom. The van der Waals surface area contributed by atoms with Crippen LogP contribution in [0.3, 0.4) is 0 Å². The van der Waals surface area contributed by atoms with Crippen LogP contribution in [0.15, 0.2) is 12.3 Å². The standard InChI is InChI=1S/C12H17N3O2/c1-9-7-10(11(17-2)13-8-9)14-12(16)15-5-3-4-6-15/h7-8H,3-6H2,1-2H3,(H,14,16). The first kappa shape index (κ1) is 11.7. The van der Waals surface area contributed by atoms with Crippen molar-refractivity contribution < 1.29 is 9.53 Å². The normalized spacial score (nSPS) is 14.8. The number of amides is 2. The molecule has 0 spiro atoms. The quantitative estimate of drug-likeness (QED) is 0.853. The number of methoxy groups -OCH3 is 1. The Morgan fingerprint density at radius 2 is 2.18 bits per heavy atom. The highest BCUT2D eigenvalue weighted by atomic mass is 16.5. The second kappa shape index (κ2) is 5.03. The third kappa shape index (κ3) is 2.67. The molecule has 0 saturated carbocycles. The zero-order valence-electron chi connectivity index (χ0n) is 10.2. The number of nitrogens with one attached hydrogen (secondary N) is 1. The van der Waals surface area contributed by atoms with Gasteiger partial charge in [-0.25, -0.2) is 9.78 Å². The van der Waals surface area contributed by atoms with Crippen LogP contribution < -0.4 is 10.1 Å². The summed E-state index contributed by atoms with van der Waals surface area (Å²) in [6.07, 6.45) is 3.87. The van der Waals surface area contributed by atoms with Crippen LogP contribution in [-0.2, 0) is 0 Å². The van der Waals surface area contributed by atoms with Crippen LogP contribution in [0, 0.1) is 6.92 Å². The van der Waals surface area contributed by atoms with Crippen molar-refractivity contribution >= 4 is 11.7 Å². The Kier molecular flexibility index (Phi) is 3.46. The lowest BCUT2D eigenvalue weighted by Crippen LogP contribution is -2.32. The highest BCUT2D eigenvalue weighted by molar-refractivity contribution is 5.90. The number of rotatable bonds is 2. The third-order valence-corrected chi connectivity index (χ3v) is 2.82. The number of pyridine rings is 1. The van der Waals surface area contributed by atoms with E-state index in [0.717, 1.165) is 31.5 Å². The number of hydrogen-bond acceptors (Lipinski definition) is 3. The number of nitrogens with zero attached hydrogens (tertiary/aromatic N) is 2. The van der Waals surface area contributed by atoms with Gasteiger partial charge < -0.3 is 15.0 Å². The molecule has 17 heavy (non-hydrogen) atoms. The molecule has 0 unspecified atom stereocenters. The molecule has 2 heterocycles. The molecular formula is C12H17N3O2. The lowest BCUT2D eigenvalue weighted by Gasteiger charge is -2.17. The highest BCUT2D eigenvalue weighted by Gasteiger charge is 2.19. The third-order valence-electron chi connectivity index (χ3n) is 2.82. The number of hydrogen-bond donors (Lipinski definition) is 1. The summed E-state index contributed by atoms with van der Waals surface area (Å²) in [7, 11) is 1.54. The molecule has 0 aromatic carbocycles. The molecule has 1 aromatic heterocycles. The maximum atomic E-state index is 11.9. The zero-order valence-corrected chi connectivity index (χ0v) is 10.2. The summed E-state index contributed by atoms with van der Waals surface area (Å²) in [5.74, 6) is 0.447. The summed E-state index contributed by atoms with van der Waals surface area (Å²) < 4.78 is 5.12. The number of carbonyl (C=O) groups excluding carboxylic acids is 1. The van der Waals surface area contributed by atoms with Crippen LogP contribution in [-0.4, -0.2) is 36.1 Å². The number of aromatic nitrogens is 1. The zero-order chi connectivity index (χ0) is 12.3. The highest BCUT2D eigenvalue weighted by Crippen LogP contribution is 2.22. The summed E-state index contributed by atoms with van der Waals surface area (Å²) in [6.45, 7) is 3.58. The van der Waals surface area contributed by atoms with Crippen LogP contribution in [0.1, 0.15) is 18.4 Å². The van der Waals surface area contributed by atoms with Crippen molar-refractivity contribution in [2.24, 2.45) is 0 Å². The molecule has 2 amide bonds. The first-order valence-electron chi connectivity index (χ1n) is 5.77. The Balaban J connectivity index is 2.11. The number of urea groups is 1. The summed E-state index contributed by atoms with van der Waals surface area (Å²) in [6, 6.07) is 1.79. The van der Waals surface area contributed by atoms with Gasteiger partial charge in [-0.15, -0.1) is 0 Å². The molecule has 1 saturated heterocycles. The SMILES string of the molecule is COc1ncc(C)cc1NC(=O)N1CCCC1. The molecule has 5 heteroatoms. The van der Waals surface area contributed by atoms with E-state index in [1.165, 1.54) is 0 Å². The van der Waals surface area contributed by atoms with E-state index in [1.54, 1.807) is 13.3 Å². The van der Waals surface area contributed by atoms with Gasteiger partial charge in [-0.1, -0.05) is 0 Å². The molecule has 0 aliphatic carbocycles. The lowest BCUT2D eigenvalue weighted by molar-refractivity contribution is 0.222. The Bertz CT molecular complexity index is 414. The first-order chi connectivity index (χ1) is 8.20. The minimum atomic E-state index is -0.0757. The molecule has 1 aliphatic heterocycles. The van der Waals surface area contributed by atoms with Crippen LogP contribution in [0.25, 0.3) is 0 Å². The maximum absolute atomic E-state index is 11.9. The lowest BCUT2D eigenvalue weighted by atomic mass is 10.3. The van der Waals surface area contributed by atoms with E-state index in [-0.39, 0.29) is 6.03 Å². The predicted molar refractivity (Wildman–Crippen MR) is 65.4 cm³/mol. The van der Waals surface area contributed by atoms with E-state index >= 15 is 0 Å². The van der Waals surface area contributed by atoms with Crippen molar-refractivity contribution in [1.82, 2.24) is 9.88 Å². The van der Waals surface area contributed by atoms with Gasteiger partial charge in [0, 0.05) is 19.3 Å². The molecular weight excluding hydrogens is 218 g/mol. The molecule has 1 aromatic rings. The van der Waals surface area contributed by atoms with Crippen LogP contribution in [0.5, 0.6) is 5.88 Å². The molecule has 0 atom stereocenters. The van der Waals surface area contributed by atoms with E-state index < -0.39 is 0 Å². The van der Waals surface area contributed by atoms with Gasteiger partial charge in [0.25, 0.3) is 0 Å². The van der Waals surface area contributed by atoms with Gasteiger partial charge in [0.05, 0.1) is 7.11 Å². The van der Waals surface area contributed by atoms with E-state index in [9.17, 15) is 4.79 Å².